The Labute approximate surface area is 111 Å². The standard InChI is InChI=1S/C14H17ClFNO/c1-17-14(10-4-2-8(15)6-12(10)16)11-7-9-3-5-13(11)18-9/h2,4,6,9,11,13-14,17H,3,5,7H2,1H3. The first-order valence-corrected chi connectivity index (χ1v) is 6.84. The lowest BCUT2D eigenvalue weighted by Gasteiger charge is -2.28. The van der Waals surface area contributed by atoms with Crippen molar-refractivity contribution in [1.29, 1.82) is 0 Å². The van der Waals surface area contributed by atoms with Gasteiger partial charge < -0.3 is 10.1 Å². The zero-order valence-corrected chi connectivity index (χ0v) is 11.1. The van der Waals surface area contributed by atoms with E-state index in [0.717, 1.165) is 19.3 Å². The fraction of sp³-hybridized carbons (Fsp3) is 0.571. The van der Waals surface area contributed by atoms with Crippen LogP contribution in [0.25, 0.3) is 0 Å². The minimum atomic E-state index is -0.232. The second kappa shape index (κ2) is 4.80. The van der Waals surface area contributed by atoms with E-state index in [0.29, 0.717) is 22.6 Å². The predicted molar refractivity (Wildman–Crippen MR) is 69.2 cm³/mol. The van der Waals surface area contributed by atoms with Crippen LogP contribution in [0.5, 0.6) is 0 Å². The van der Waals surface area contributed by atoms with Crippen molar-refractivity contribution in [3.8, 4) is 0 Å². The fourth-order valence-electron chi connectivity index (χ4n) is 3.38. The third kappa shape index (κ3) is 2.04. The van der Waals surface area contributed by atoms with Crippen molar-refractivity contribution in [2.75, 3.05) is 7.05 Å². The van der Waals surface area contributed by atoms with Gasteiger partial charge in [0.25, 0.3) is 0 Å². The zero-order valence-electron chi connectivity index (χ0n) is 10.3. The number of rotatable bonds is 3. The van der Waals surface area contributed by atoms with E-state index < -0.39 is 0 Å². The number of hydrogen-bond acceptors (Lipinski definition) is 2. The molecule has 2 aliphatic heterocycles. The van der Waals surface area contributed by atoms with Crippen molar-refractivity contribution in [3.05, 3.63) is 34.6 Å². The third-order valence-corrected chi connectivity index (χ3v) is 4.42. The van der Waals surface area contributed by atoms with Gasteiger partial charge in [-0.3, -0.25) is 0 Å². The van der Waals surface area contributed by atoms with Gasteiger partial charge in [-0.15, -0.1) is 0 Å². The first-order chi connectivity index (χ1) is 8.69. The Morgan fingerprint density at radius 1 is 1.44 bits per heavy atom. The topological polar surface area (TPSA) is 21.3 Å². The summed E-state index contributed by atoms with van der Waals surface area (Å²) in [7, 11) is 1.88. The highest BCUT2D eigenvalue weighted by atomic mass is 35.5. The minimum Gasteiger partial charge on any atom is -0.375 e. The summed E-state index contributed by atoms with van der Waals surface area (Å²) in [5.74, 6) is 0.133. The summed E-state index contributed by atoms with van der Waals surface area (Å²) in [6.07, 6.45) is 3.94. The molecule has 3 rings (SSSR count). The molecule has 0 saturated carbocycles. The molecule has 2 bridgehead atoms. The van der Waals surface area contributed by atoms with E-state index in [2.05, 4.69) is 5.32 Å². The maximum Gasteiger partial charge on any atom is 0.129 e. The van der Waals surface area contributed by atoms with Gasteiger partial charge in [0.15, 0.2) is 0 Å². The van der Waals surface area contributed by atoms with Crippen molar-refractivity contribution in [2.24, 2.45) is 5.92 Å². The number of halogens is 2. The highest BCUT2D eigenvalue weighted by Crippen LogP contribution is 2.45. The third-order valence-electron chi connectivity index (χ3n) is 4.19. The highest BCUT2D eigenvalue weighted by Gasteiger charge is 2.44. The van der Waals surface area contributed by atoms with Crippen molar-refractivity contribution in [3.63, 3.8) is 0 Å². The summed E-state index contributed by atoms with van der Waals surface area (Å²) in [6, 6.07) is 4.93. The molecular weight excluding hydrogens is 253 g/mol. The summed E-state index contributed by atoms with van der Waals surface area (Å²) in [6.45, 7) is 0. The van der Waals surface area contributed by atoms with Crippen molar-refractivity contribution >= 4 is 11.6 Å². The van der Waals surface area contributed by atoms with E-state index in [-0.39, 0.29) is 18.0 Å². The van der Waals surface area contributed by atoms with E-state index in [1.54, 1.807) is 12.1 Å². The van der Waals surface area contributed by atoms with Gasteiger partial charge in [-0.1, -0.05) is 17.7 Å². The van der Waals surface area contributed by atoms with Crippen LogP contribution in [-0.2, 0) is 4.74 Å². The fourth-order valence-corrected chi connectivity index (χ4v) is 3.54. The van der Waals surface area contributed by atoms with Gasteiger partial charge in [0.2, 0.25) is 0 Å². The van der Waals surface area contributed by atoms with E-state index >= 15 is 0 Å². The smallest absolute Gasteiger partial charge is 0.129 e. The van der Waals surface area contributed by atoms with Gasteiger partial charge >= 0.3 is 0 Å². The highest BCUT2D eigenvalue weighted by molar-refractivity contribution is 6.30. The molecule has 1 N–H and O–H groups in total. The van der Waals surface area contributed by atoms with E-state index in [4.69, 9.17) is 16.3 Å². The molecule has 2 nitrogen and oxygen atoms in total. The van der Waals surface area contributed by atoms with E-state index in [9.17, 15) is 4.39 Å². The van der Waals surface area contributed by atoms with Crippen molar-refractivity contribution < 1.29 is 9.13 Å². The second-order valence-electron chi connectivity index (χ2n) is 5.21. The van der Waals surface area contributed by atoms with Gasteiger partial charge in [0, 0.05) is 22.5 Å². The van der Waals surface area contributed by atoms with E-state index in [1.165, 1.54) is 6.07 Å². The molecule has 0 aliphatic carbocycles. The van der Waals surface area contributed by atoms with Gasteiger partial charge in [0.05, 0.1) is 12.2 Å². The Bertz CT molecular complexity index is 453. The minimum absolute atomic E-state index is 0.0116. The maximum atomic E-state index is 14.0. The lowest BCUT2D eigenvalue weighted by Crippen LogP contribution is -2.32. The number of benzene rings is 1. The summed E-state index contributed by atoms with van der Waals surface area (Å²) in [4.78, 5) is 0. The largest absolute Gasteiger partial charge is 0.375 e. The van der Waals surface area contributed by atoms with Crippen molar-refractivity contribution in [1.82, 2.24) is 5.32 Å². The molecule has 1 aromatic carbocycles. The molecule has 4 atom stereocenters. The summed E-state index contributed by atoms with van der Waals surface area (Å²) < 4.78 is 19.9. The van der Waals surface area contributed by atoms with Gasteiger partial charge in [-0.25, -0.2) is 4.39 Å². The molecule has 0 amide bonds. The van der Waals surface area contributed by atoms with Gasteiger partial charge in [0.1, 0.15) is 5.82 Å². The molecule has 18 heavy (non-hydrogen) atoms. The first-order valence-electron chi connectivity index (χ1n) is 6.46. The number of nitrogens with one attached hydrogen (secondary N) is 1. The average Bonchev–Trinajstić information content (AvgIpc) is 2.95. The molecule has 4 heteroatoms. The number of hydrogen-bond donors (Lipinski definition) is 1. The first kappa shape index (κ1) is 12.4. The lowest BCUT2D eigenvalue weighted by atomic mass is 9.81. The normalized spacial score (nSPS) is 31.8. The molecule has 2 heterocycles. The Kier molecular flexibility index (Phi) is 3.31. The van der Waals surface area contributed by atoms with Crippen LogP contribution in [0.3, 0.4) is 0 Å². The Hall–Kier alpha value is -0.640. The molecule has 0 radical (unpaired) electrons. The van der Waals surface area contributed by atoms with Crippen LogP contribution in [0, 0.1) is 11.7 Å². The molecule has 2 aliphatic rings. The summed E-state index contributed by atoms with van der Waals surface area (Å²) >= 11 is 5.80. The Balaban J connectivity index is 1.88. The quantitative estimate of drug-likeness (QED) is 0.909. The van der Waals surface area contributed by atoms with Gasteiger partial charge in [-0.2, -0.15) is 0 Å². The second-order valence-corrected chi connectivity index (χ2v) is 5.64. The monoisotopic (exact) mass is 269 g/mol. The molecular formula is C14H17ClFNO. The number of ether oxygens (including phenoxy) is 1. The Morgan fingerprint density at radius 3 is 2.83 bits per heavy atom. The van der Waals surface area contributed by atoms with Crippen LogP contribution in [0.1, 0.15) is 30.9 Å². The van der Waals surface area contributed by atoms with Crippen molar-refractivity contribution in [2.45, 2.75) is 37.5 Å². The summed E-state index contributed by atoms with van der Waals surface area (Å²) in [5, 5.41) is 3.68. The SMILES string of the molecule is CNC(c1ccc(Cl)cc1F)C1CC2CCC1O2. The van der Waals surface area contributed by atoms with Gasteiger partial charge in [-0.05, 0) is 38.4 Å². The van der Waals surface area contributed by atoms with Crippen LogP contribution in [0.2, 0.25) is 5.02 Å². The zero-order chi connectivity index (χ0) is 12.7. The van der Waals surface area contributed by atoms with E-state index in [1.807, 2.05) is 7.05 Å². The lowest BCUT2D eigenvalue weighted by molar-refractivity contribution is 0.0860. The molecule has 2 fully saturated rings. The molecule has 0 aromatic heterocycles. The van der Waals surface area contributed by atoms with Crippen LogP contribution >= 0.6 is 11.6 Å². The molecule has 4 unspecified atom stereocenters. The average molecular weight is 270 g/mol. The maximum absolute atomic E-state index is 14.0. The molecule has 98 valence electrons. The van der Waals surface area contributed by atoms with Crippen LogP contribution < -0.4 is 5.32 Å². The number of fused-ring (bicyclic) bond motifs is 2. The molecule has 2 saturated heterocycles. The Morgan fingerprint density at radius 2 is 2.28 bits per heavy atom. The molecule has 1 aromatic rings. The van der Waals surface area contributed by atoms with Crippen LogP contribution in [0.4, 0.5) is 4.39 Å². The summed E-state index contributed by atoms with van der Waals surface area (Å²) in [5.41, 5.74) is 0.697. The van der Waals surface area contributed by atoms with Crippen LogP contribution in [-0.4, -0.2) is 19.3 Å². The van der Waals surface area contributed by atoms with Crippen LogP contribution in [0.15, 0.2) is 18.2 Å². The predicted octanol–water partition coefficient (Wildman–Crippen LogP) is 3.31. The molecule has 0 spiro atoms.